The highest BCUT2D eigenvalue weighted by Crippen LogP contribution is 2.34. The third-order valence-electron chi connectivity index (χ3n) is 2.78. The number of carbonyl (C=O) groups excluding carboxylic acids is 1. The van der Waals surface area contributed by atoms with Crippen molar-refractivity contribution in [2.45, 2.75) is 32.3 Å². The van der Waals surface area contributed by atoms with E-state index in [1.807, 2.05) is 20.8 Å². The normalized spacial score (nSPS) is 24.2. The van der Waals surface area contributed by atoms with Gasteiger partial charge in [0.05, 0.1) is 5.92 Å². The van der Waals surface area contributed by atoms with Crippen LogP contribution in [0.25, 0.3) is 0 Å². The smallest absolute Gasteiger partial charge is 0.311 e. The van der Waals surface area contributed by atoms with Gasteiger partial charge in [0.25, 0.3) is 0 Å². The summed E-state index contributed by atoms with van der Waals surface area (Å²) in [6.45, 7) is 7.06. The van der Waals surface area contributed by atoms with E-state index in [1.54, 1.807) is 6.20 Å². The van der Waals surface area contributed by atoms with Crippen LogP contribution in [-0.2, 0) is 9.53 Å². The number of aromatic nitrogens is 1. The third kappa shape index (κ3) is 3.22. The van der Waals surface area contributed by atoms with Crippen LogP contribution in [-0.4, -0.2) is 29.6 Å². The van der Waals surface area contributed by atoms with Crippen molar-refractivity contribution in [3.8, 4) is 0 Å². The van der Waals surface area contributed by atoms with Gasteiger partial charge in [-0.25, -0.2) is 4.98 Å². The van der Waals surface area contributed by atoms with E-state index in [0.717, 1.165) is 11.4 Å². The summed E-state index contributed by atoms with van der Waals surface area (Å²) >= 11 is 7.27. The van der Waals surface area contributed by atoms with E-state index in [2.05, 4.69) is 10.3 Å². The van der Waals surface area contributed by atoms with E-state index in [4.69, 9.17) is 16.3 Å². The third-order valence-corrected chi connectivity index (χ3v) is 4.03. The molecular formula is C12H17ClN2O2S. The Balaban J connectivity index is 2.10. The molecule has 1 aliphatic rings. The molecule has 1 saturated heterocycles. The fourth-order valence-electron chi connectivity index (χ4n) is 2.04. The number of halogens is 1. The highest BCUT2D eigenvalue weighted by molar-refractivity contribution is 7.15. The second kappa shape index (κ2) is 5.15. The van der Waals surface area contributed by atoms with E-state index in [9.17, 15) is 4.79 Å². The number of nitrogens with one attached hydrogen (secondary N) is 1. The molecule has 18 heavy (non-hydrogen) atoms. The number of carbonyl (C=O) groups is 1. The molecule has 0 spiro atoms. The highest BCUT2D eigenvalue weighted by Gasteiger charge is 2.37. The van der Waals surface area contributed by atoms with Gasteiger partial charge in [0, 0.05) is 30.1 Å². The van der Waals surface area contributed by atoms with E-state index in [-0.39, 0.29) is 17.8 Å². The Kier molecular flexibility index (Phi) is 3.94. The lowest BCUT2D eigenvalue weighted by Crippen LogP contribution is -2.31. The first-order valence-corrected chi connectivity index (χ1v) is 7.11. The van der Waals surface area contributed by atoms with Crippen molar-refractivity contribution in [1.29, 1.82) is 0 Å². The first kappa shape index (κ1) is 13.8. The Morgan fingerprint density at radius 2 is 2.28 bits per heavy atom. The van der Waals surface area contributed by atoms with Gasteiger partial charge in [0.2, 0.25) is 0 Å². The van der Waals surface area contributed by atoms with Crippen LogP contribution >= 0.6 is 22.9 Å². The zero-order chi connectivity index (χ0) is 13.3. The Morgan fingerprint density at radius 1 is 1.56 bits per heavy atom. The summed E-state index contributed by atoms with van der Waals surface area (Å²) in [6.07, 6.45) is 1.75. The lowest BCUT2D eigenvalue weighted by molar-refractivity contribution is -0.159. The maximum absolute atomic E-state index is 12.1. The fourth-order valence-corrected chi connectivity index (χ4v) is 3.16. The number of hydrogen-bond donors (Lipinski definition) is 1. The van der Waals surface area contributed by atoms with Gasteiger partial charge in [-0.15, -0.1) is 11.3 Å². The van der Waals surface area contributed by atoms with Crippen molar-refractivity contribution in [1.82, 2.24) is 10.3 Å². The van der Waals surface area contributed by atoms with Gasteiger partial charge in [-0.2, -0.15) is 0 Å². The first-order valence-electron chi connectivity index (χ1n) is 5.91. The molecule has 0 radical (unpaired) electrons. The molecule has 6 heteroatoms. The quantitative estimate of drug-likeness (QED) is 0.849. The molecule has 100 valence electrons. The summed E-state index contributed by atoms with van der Waals surface area (Å²) in [5.74, 6) is -0.187. The number of esters is 1. The van der Waals surface area contributed by atoms with Crippen molar-refractivity contribution >= 4 is 28.9 Å². The molecule has 2 unspecified atom stereocenters. The molecule has 1 aromatic heterocycles. The van der Waals surface area contributed by atoms with Gasteiger partial charge in [-0.05, 0) is 20.8 Å². The summed E-state index contributed by atoms with van der Waals surface area (Å²) in [6, 6.07) is 0. The number of nitrogens with zero attached hydrogens (tertiary/aromatic N) is 1. The summed E-state index contributed by atoms with van der Waals surface area (Å²) < 4.78 is 5.97. The monoisotopic (exact) mass is 288 g/mol. The van der Waals surface area contributed by atoms with E-state index in [1.165, 1.54) is 11.3 Å². The zero-order valence-electron chi connectivity index (χ0n) is 10.7. The predicted molar refractivity (Wildman–Crippen MR) is 72.1 cm³/mol. The van der Waals surface area contributed by atoms with Gasteiger partial charge >= 0.3 is 5.97 Å². The molecule has 1 N–H and O–H groups in total. The van der Waals surface area contributed by atoms with Crippen molar-refractivity contribution in [3.05, 3.63) is 15.5 Å². The summed E-state index contributed by atoms with van der Waals surface area (Å²) in [5, 5.41) is 3.23. The molecule has 0 saturated carbocycles. The van der Waals surface area contributed by atoms with Gasteiger partial charge in [0.1, 0.15) is 5.60 Å². The van der Waals surface area contributed by atoms with Crippen molar-refractivity contribution in [3.63, 3.8) is 0 Å². The van der Waals surface area contributed by atoms with Crippen LogP contribution in [0.15, 0.2) is 6.20 Å². The number of hydrogen-bond acceptors (Lipinski definition) is 5. The molecule has 0 bridgehead atoms. The molecule has 2 rings (SSSR count). The number of ether oxygens (including phenoxy) is 1. The first-order chi connectivity index (χ1) is 8.37. The molecule has 0 amide bonds. The van der Waals surface area contributed by atoms with Crippen LogP contribution in [0.5, 0.6) is 0 Å². The van der Waals surface area contributed by atoms with Gasteiger partial charge in [-0.3, -0.25) is 4.79 Å². The van der Waals surface area contributed by atoms with Crippen molar-refractivity contribution in [2.75, 3.05) is 13.1 Å². The number of thiazole rings is 1. The lowest BCUT2D eigenvalue weighted by Gasteiger charge is -2.24. The molecule has 0 aliphatic carbocycles. The Morgan fingerprint density at radius 3 is 2.83 bits per heavy atom. The maximum atomic E-state index is 12.1. The minimum absolute atomic E-state index is 0.116. The van der Waals surface area contributed by atoms with Crippen LogP contribution in [0.1, 0.15) is 31.6 Å². The molecule has 2 heterocycles. The largest absolute Gasteiger partial charge is 0.460 e. The molecule has 4 nitrogen and oxygen atoms in total. The van der Waals surface area contributed by atoms with Gasteiger partial charge in [-0.1, -0.05) is 11.6 Å². The average Bonchev–Trinajstić information content (AvgIpc) is 2.81. The van der Waals surface area contributed by atoms with Crippen LogP contribution in [0.2, 0.25) is 4.47 Å². The van der Waals surface area contributed by atoms with Crippen LogP contribution in [0.4, 0.5) is 0 Å². The average molecular weight is 289 g/mol. The molecule has 1 aliphatic heterocycles. The Labute approximate surface area is 116 Å². The standard InChI is InChI=1S/C12H17ClN2O2S/c1-12(2,3)17-10(16)8-5-14-4-7(8)9-6-15-11(13)18-9/h6-8,14H,4-5H2,1-3H3. The summed E-state index contributed by atoms with van der Waals surface area (Å²) in [4.78, 5) is 17.2. The second-order valence-electron chi connectivity index (χ2n) is 5.42. The zero-order valence-corrected chi connectivity index (χ0v) is 12.3. The van der Waals surface area contributed by atoms with Crippen LogP contribution in [0, 0.1) is 5.92 Å². The van der Waals surface area contributed by atoms with E-state index in [0.29, 0.717) is 11.0 Å². The summed E-state index contributed by atoms with van der Waals surface area (Å²) in [5.41, 5.74) is -0.449. The number of rotatable bonds is 2. The lowest BCUT2D eigenvalue weighted by atomic mass is 9.95. The van der Waals surface area contributed by atoms with E-state index >= 15 is 0 Å². The minimum Gasteiger partial charge on any atom is -0.460 e. The summed E-state index contributed by atoms with van der Waals surface area (Å²) in [7, 11) is 0. The highest BCUT2D eigenvalue weighted by atomic mass is 35.5. The van der Waals surface area contributed by atoms with Crippen molar-refractivity contribution < 1.29 is 9.53 Å². The minimum atomic E-state index is -0.449. The molecule has 1 aromatic rings. The molecule has 0 aromatic carbocycles. The van der Waals surface area contributed by atoms with E-state index < -0.39 is 5.60 Å². The van der Waals surface area contributed by atoms with Gasteiger partial charge < -0.3 is 10.1 Å². The van der Waals surface area contributed by atoms with Crippen molar-refractivity contribution in [2.24, 2.45) is 5.92 Å². The van der Waals surface area contributed by atoms with Gasteiger partial charge in [0.15, 0.2) is 4.47 Å². The molecule has 1 fully saturated rings. The molecule has 2 atom stereocenters. The maximum Gasteiger partial charge on any atom is 0.311 e. The van der Waals surface area contributed by atoms with Crippen LogP contribution in [0.3, 0.4) is 0 Å². The Hall–Kier alpha value is -0.650. The van der Waals surface area contributed by atoms with Crippen LogP contribution < -0.4 is 5.32 Å². The fraction of sp³-hybridized carbons (Fsp3) is 0.667. The predicted octanol–water partition coefficient (Wildman–Crippen LogP) is 2.44. The SMILES string of the molecule is CC(C)(C)OC(=O)C1CNCC1c1cnc(Cl)s1. The Bertz CT molecular complexity index is 442. The topological polar surface area (TPSA) is 51.2 Å². The molecular weight excluding hydrogens is 272 g/mol. The second-order valence-corrected chi connectivity index (χ2v) is 7.06.